The van der Waals surface area contributed by atoms with E-state index >= 15 is 0 Å². The number of aliphatic hydroxyl groups excluding tert-OH is 2. The Labute approximate surface area is 100 Å². The molecule has 0 aliphatic heterocycles. The van der Waals surface area contributed by atoms with E-state index < -0.39 is 0 Å². The monoisotopic (exact) mass is 228 g/mol. The van der Waals surface area contributed by atoms with Crippen molar-refractivity contribution in [2.75, 3.05) is 0 Å². The number of hydrogen-bond donors (Lipinski definition) is 2. The molecule has 2 nitrogen and oxygen atoms in total. The highest BCUT2D eigenvalue weighted by atomic mass is 16.3. The van der Waals surface area contributed by atoms with E-state index in [4.69, 9.17) is 0 Å². The molecule has 1 aliphatic rings. The van der Waals surface area contributed by atoms with Crippen molar-refractivity contribution in [3.8, 4) is 0 Å². The molecule has 16 heavy (non-hydrogen) atoms. The summed E-state index contributed by atoms with van der Waals surface area (Å²) in [6.07, 6.45) is 0.925. The van der Waals surface area contributed by atoms with Crippen molar-refractivity contribution in [3.63, 3.8) is 0 Å². The fraction of sp³-hybridized carbons (Fsp3) is 1.00. The molecule has 0 spiro atoms. The highest BCUT2D eigenvalue weighted by molar-refractivity contribution is 4.95. The molecule has 0 aromatic rings. The summed E-state index contributed by atoms with van der Waals surface area (Å²) in [5.74, 6) is 0.390. The summed E-state index contributed by atoms with van der Waals surface area (Å²) >= 11 is 0. The number of aliphatic hydroxyl groups is 2. The van der Waals surface area contributed by atoms with E-state index in [0.717, 1.165) is 12.8 Å². The first kappa shape index (κ1) is 14.0. The number of rotatable bonds is 0. The van der Waals surface area contributed by atoms with Crippen molar-refractivity contribution < 1.29 is 10.2 Å². The fourth-order valence-electron chi connectivity index (χ4n) is 2.97. The Hall–Kier alpha value is -0.0800. The van der Waals surface area contributed by atoms with Crippen molar-refractivity contribution in [3.05, 3.63) is 0 Å². The van der Waals surface area contributed by atoms with E-state index in [0.29, 0.717) is 0 Å². The lowest BCUT2D eigenvalue weighted by molar-refractivity contribution is -0.104. The molecule has 1 fully saturated rings. The van der Waals surface area contributed by atoms with Crippen molar-refractivity contribution >= 4 is 0 Å². The third kappa shape index (κ3) is 2.98. The van der Waals surface area contributed by atoms with Gasteiger partial charge < -0.3 is 10.2 Å². The third-order valence-electron chi connectivity index (χ3n) is 4.10. The molecule has 2 N–H and O–H groups in total. The SMILES string of the molecule is CC(C)(C)C1CC(O)CC(C(C)(C)C)C1O. The van der Waals surface area contributed by atoms with Crippen LogP contribution in [-0.2, 0) is 0 Å². The van der Waals surface area contributed by atoms with Crippen LogP contribution in [0.4, 0.5) is 0 Å². The molecule has 1 rings (SSSR count). The van der Waals surface area contributed by atoms with Gasteiger partial charge in [-0.3, -0.25) is 0 Å². The minimum atomic E-state index is -0.289. The maximum atomic E-state index is 10.5. The predicted molar refractivity (Wildman–Crippen MR) is 67.1 cm³/mol. The average molecular weight is 228 g/mol. The Bertz CT molecular complexity index is 210. The molecule has 2 atom stereocenters. The van der Waals surface area contributed by atoms with Crippen molar-refractivity contribution in [1.29, 1.82) is 0 Å². The Balaban J connectivity index is 2.91. The maximum Gasteiger partial charge on any atom is 0.0608 e. The van der Waals surface area contributed by atoms with Crippen LogP contribution in [0.15, 0.2) is 0 Å². The lowest BCUT2D eigenvalue weighted by Gasteiger charge is -2.48. The maximum absolute atomic E-state index is 10.5. The first-order chi connectivity index (χ1) is 7.03. The molecule has 2 unspecified atom stereocenters. The molecular formula is C14H28O2. The van der Waals surface area contributed by atoms with Crippen LogP contribution in [-0.4, -0.2) is 22.4 Å². The van der Waals surface area contributed by atoms with Gasteiger partial charge >= 0.3 is 0 Å². The smallest absolute Gasteiger partial charge is 0.0608 e. The number of hydrogen-bond acceptors (Lipinski definition) is 2. The zero-order valence-electron chi connectivity index (χ0n) is 11.6. The second kappa shape index (κ2) is 4.30. The van der Waals surface area contributed by atoms with Gasteiger partial charge in [-0.2, -0.15) is 0 Å². The topological polar surface area (TPSA) is 40.5 Å². The predicted octanol–water partition coefficient (Wildman–Crippen LogP) is 2.83. The van der Waals surface area contributed by atoms with Gasteiger partial charge in [0.1, 0.15) is 0 Å². The van der Waals surface area contributed by atoms with Gasteiger partial charge in [0.15, 0.2) is 0 Å². The molecule has 96 valence electrons. The highest BCUT2D eigenvalue weighted by Gasteiger charge is 2.45. The van der Waals surface area contributed by atoms with Crippen LogP contribution in [0, 0.1) is 22.7 Å². The lowest BCUT2D eigenvalue weighted by atomic mass is 9.60. The summed E-state index contributed by atoms with van der Waals surface area (Å²) in [5, 5.41) is 20.5. The molecule has 1 aliphatic carbocycles. The van der Waals surface area contributed by atoms with Crippen LogP contribution in [0.25, 0.3) is 0 Å². The highest BCUT2D eigenvalue weighted by Crippen LogP contribution is 2.46. The average Bonchev–Trinajstić information content (AvgIpc) is 2.04. The van der Waals surface area contributed by atoms with Crippen molar-refractivity contribution in [2.24, 2.45) is 22.7 Å². The Morgan fingerprint density at radius 3 is 1.31 bits per heavy atom. The quantitative estimate of drug-likeness (QED) is 0.669. The van der Waals surface area contributed by atoms with Crippen LogP contribution >= 0.6 is 0 Å². The molecule has 0 radical (unpaired) electrons. The summed E-state index contributed by atoms with van der Waals surface area (Å²) in [5.41, 5.74) is 0.120. The zero-order chi connectivity index (χ0) is 12.7. The van der Waals surface area contributed by atoms with Gasteiger partial charge in [0.25, 0.3) is 0 Å². The zero-order valence-corrected chi connectivity index (χ0v) is 11.6. The summed E-state index contributed by atoms with van der Waals surface area (Å²) in [4.78, 5) is 0. The standard InChI is InChI=1S/C14H28O2/c1-13(2,3)10-7-9(15)8-11(12(10)16)14(4,5)6/h9-12,15-16H,7-8H2,1-6H3. The summed E-state index contributed by atoms with van der Waals surface area (Å²) in [6.45, 7) is 12.9. The van der Waals surface area contributed by atoms with E-state index in [1.165, 1.54) is 0 Å². The van der Waals surface area contributed by atoms with Gasteiger partial charge in [-0.05, 0) is 35.5 Å². The van der Waals surface area contributed by atoms with Gasteiger partial charge in [0.2, 0.25) is 0 Å². The van der Waals surface area contributed by atoms with Crippen LogP contribution in [0.1, 0.15) is 54.4 Å². The summed E-state index contributed by atoms with van der Waals surface area (Å²) < 4.78 is 0. The molecule has 0 aromatic carbocycles. The van der Waals surface area contributed by atoms with Crippen LogP contribution in [0.2, 0.25) is 0 Å². The summed E-state index contributed by atoms with van der Waals surface area (Å²) in [7, 11) is 0. The first-order valence-electron chi connectivity index (χ1n) is 6.39. The van der Waals surface area contributed by atoms with E-state index in [-0.39, 0.29) is 34.9 Å². The van der Waals surface area contributed by atoms with Gasteiger partial charge in [0.05, 0.1) is 12.2 Å². The fourth-order valence-corrected chi connectivity index (χ4v) is 2.97. The van der Waals surface area contributed by atoms with E-state index in [9.17, 15) is 10.2 Å². The van der Waals surface area contributed by atoms with Crippen molar-refractivity contribution in [2.45, 2.75) is 66.6 Å². The van der Waals surface area contributed by atoms with Gasteiger partial charge in [0, 0.05) is 0 Å². The minimum absolute atomic E-state index is 0.0598. The van der Waals surface area contributed by atoms with Gasteiger partial charge in [-0.25, -0.2) is 0 Å². The molecular weight excluding hydrogens is 200 g/mol. The van der Waals surface area contributed by atoms with Crippen molar-refractivity contribution in [1.82, 2.24) is 0 Å². The second-order valence-corrected chi connectivity index (χ2v) is 7.56. The second-order valence-electron chi connectivity index (χ2n) is 7.56. The largest absolute Gasteiger partial charge is 0.393 e. The Morgan fingerprint density at radius 1 is 0.750 bits per heavy atom. The molecule has 0 heterocycles. The van der Waals surface area contributed by atoms with Crippen LogP contribution < -0.4 is 0 Å². The molecule has 0 amide bonds. The molecule has 1 saturated carbocycles. The lowest BCUT2D eigenvalue weighted by Crippen LogP contribution is -2.49. The van der Waals surface area contributed by atoms with Gasteiger partial charge in [-0.15, -0.1) is 0 Å². The van der Waals surface area contributed by atoms with Crippen LogP contribution in [0.3, 0.4) is 0 Å². The molecule has 0 aromatic heterocycles. The van der Waals surface area contributed by atoms with E-state index in [1.807, 2.05) is 0 Å². The third-order valence-corrected chi connectivity index (χ3v) is 4.10. The van der Waals surface area contributed by atoms with Crippen LogP contribution in [0.5, 0.6) is 0 Å². The van der Waals surface area contributed by atoms with E-state index in [2.05, 4.69) is 41.5 Å². The molecule has 0 saturated heterocycles. The molecule has 0 bridgehead atoms. The molecule has 2 heteroatoms. The van der Waals surface area contributed by atoms with E-state index in [1.54, 1.807) is 0 Å². The Morgan fingerprint density at radius 2 is 1.06 bits per heavy atom. The normalized spacial score (nSPS) is 37.5. The summed E-state index contributed by atoms with van der Waals surface area (Å²) in [6, 6.07) is 0. The Kier molecular flexibility index (Phi) is 3.76. The first-order valence-corrected chi connectivity index (χ1v) is 6.39. The van der Waals surface area contributed by atoms with Gasteiger partial charge in [-0.1, -0.05) is 41.5 Å². The minimum Gasteiger partial charge on any atom is -0.393 e.